The maximum atomic E-state index is 12.9. The van der Waals surface area contributed by atoms with Crippen molar-refractivity contribution in [1.82, 2.24) is 9.80 Å². The molecular weight excluding hydrogens is 654 g/mol. The van der Waals surface area contributed by atoms with Crippen LogP contribution in [0.25, 0.3) is 0 Å². The van der Waals surface area contributed by atoms with Gasteiger partial charge in [-0.05, 0) is 117 Å². The van der Waals surface area contributed by atoms with Gasteiger partial charge < -0.3 is 29.2 Å². The first-order valence-corrected chi connectivity index (χ1v) is 20.6. The number of halogens is 2. The lowest BCUT2D eigenvalue weighted by atomic mass is 9.41. The van der Waals surface area contributed by atoms with E-state index in [2.05, 4.69) is 39.5 Å². The lowest BCUT2D eigenvalue weighted by molar-refractivity contribution is -0.253. The molecule has 5 saturated carbocycles. The average molecular weight is 723 g/mol. The van der Waals surface area contributed by atoms with Gasteiger partial charge in [0.2, 0.25) is 0 Å². The van der Waals surface area contributed by atoms with Crippen LogP contribution < -0.4 is 0 Å². The monoisotopic (exact) mass is 723 g/mol. The first-order valence-electron chi connectivity index (χ1n) is 20.6. The summed E-state index contributed by atoms with van der Waals surface area (Å²) in [4.78, 5) is 4.24. The summed E-state index contributed by atoms with van der Waals surface area (Å²) < 4.78 is 51.9. The molecule has 0 amide bonds. The number of aliphatic hydroxyl groups excluding tert-OH is 1. The maximum absolute atomic E-state index is 12.9. The van der Waals surface area contributed by atoms with E-state index >= 15 is 0 Å². The molecule has 0 aromatic heterocycles. The van der Waals surface area contributed by atoms with Crippen LogP contribution in [0.3, 0.4) is 0 Å². The number of hydrogen-bond acceptors (Lipinski definition) is 8. The number of ether oxygens (including phenoxy) is 4. The minimum absolute atomic E-state index is 0.00304. The summed E-state index contributed by atoms with van der Waals surface area (Å²) >= 11 is 0. The fraction of sp³-hybridized carbons (Fsp3) is 1.00. The van der Waals surface area contributed by atoms with Crippen molar-refractivity contribution in [2.45, 2.75) is 162 Å². The number of alkyl halides is 2. The highest BCUT2D eigenvalue weighted by molar-refractivity contribution is 5.33. The van der Waals surface area contributed by atoms with Crippen molar-refractivity contribution in [3.8, 4) is 0 Å². The fourth-order valence-electron chi connectivity index (χ4n) is 15.0. The molecule has 8 nitrogen and oxygen atoms in total. The van der Waals surface area contributed by atoms with Gasteiger partial charge in [0, 0.05) is 44.2 Å². The number of nitrogens with zero attached hydrogens (tertiary/aromatic N) is 2. The minimum atomic E-state index is -2.28. The Kier molecular flexibility index (Phi) is 9.20. The zero-order chi connectivity index (χ0) is 36.5. The summed E-state index contributed by atoms with van der Waals surface area (Å²) in [5.41, 5.74) is -0.723. The van der Waals surface area contributed by atoms with Crippen LogP contribution in [0.1, 0.15) is 107 Å². The maximum Gasteiger partial charge on any atom is 0.251 e. The highest BCUT2D eigenvalue weighted by Crippen LogP contribution is 2.89. The second-order valence-electron chi connectivity index (χ2n) is 20.3. The average Bonchev–Trinajstić information content (AvgIpc) is 3.67. The number of rotatable bonds is 9. The quantitative estimate of drug-likeness (QED) is 0.302. The molecule has 14 atom stereocenters. The SMILES string of the molecule is CCO[C@@H](C1C[C@@H](C)[C@H]2C(O1)[C@H](O)[C@@]1(C)C3CC[C@H]4C(C)(C)[C@@H](O[C@H]5CN(C6CN(CC(F)F)C6)CCO5)CC[C@@]45C[C@@]35CC[C@]21C)C(C)(C)O. The van der Waals surface area contributed by atoms with E-state index in [-0.39, 0.29) is 58.7 Å². The van der Waals surface area contributed by atoms with Gasteiger partial charge in [-0.15, -0.1) is 0 Å². The molecule has 292 valence electrons. The Bertz CT molecular complexity index is 1310. The van der Waals surface area contributed by atoms with Crippen molar-refractivity contribution in [2.75, 3.05) is 45.9 Å². The molecule has 0 aromatic carbocycles. The summed E-state index contributed by atoms with van der Waals surface area (Å²) in [6, 6.07) is 0.308. The van der Waals surface area contributed by atoms with Gasteiger partial charge in [0.05, 0.1) is 43.2 Å². The fourth-order valence-corrected chi connectivity index (χ4v) is 15.0. The highest BCUT2D eigenvalue weighted by Gasteiger charge is 2.84. The summed E-state index contributed by atoms with van der Waals surface area (Å²) in [5, 5.41) is 23.7. The Hall–Kier alpha value is -0.460. The van der Waals surface area contributed by atoms with E-state index in [1.807, 2.05) is 25.7 Å². The zero-order valence-electron chi connectivity index (χ0n) is 32.7. The number of aliphatic hydroxyl groups is 2. The standard InChI is InChI=1S/C41H68F2N2O6/c1-9-48-35(37(5,6)47)26-18-24(2)32-33(50-26)34(46)39(8)28-11-10-27-36(3,4)29(12-13-40(27)23-41(28,40)15-14-38(32,39)7)51-31-22-45(16-17-49-31)25-19-44(20-25)21-30(42)43/h24-35,46-47H,9-23H2,1-8H3/t24-,26?,27+,28?,29+,31+,32+,33?,34+,35+,38-,39-,40-,41+/m1/s1. The topological polar surface area (TPSA) is 83.9 Å². The molecule has 3 heterocycles. The molecule has 0 radical (unpaired) electrons. The van der Waals surface area contributed by atoms with Gasteiger partial charge in [-0.1, -0.05) is 34.6 Å². The second kappa shape index (κ2) is 12.5. The normalized spacial score (nSPS) is 50.4. The molecule has 3 unspecified atom stereocenters. The molecule has 5 aliphatic carbocycles. The molecule has 10 heteroatoms. The van der Waals surface area contributed by atoms with E-state index in [0.717, 1.165) is 38.6 Å². The van der Waals surface area contributed by atoms with E-state index in [4.69, 9.17) is 18.9 Å². The van der Waals surface area contributed by atoms with Gasteiger partial charge in [-0.3, -0.25) is 9.80 Å². The molecule has 2 N–H and O–H groups in total. The van der Waals surface area contributed by atoms with Crippen molar-refractivity contribution in [2.24, 2.45) is 50.7 Å². The Labute approximate surface area is 305 Å². The molecule has 0 aromatic rings. The van der Waals surface area contributed by atoms with Crippen molar-refractivity contribution in [1.29, 1.82) is 0 Å². The zero-order valence-corrected chi connectivity index (χ0v) is 32.7. The van der Waals surface area contributed by atoms with Crippen molar-refractivity contribution >= 4 is 0 Å². The first kappa shape index (κ1) is 37.5. The van der Waals surface area contributed by atoms with Crippen LogP contribution in [-0.2, 0) is 18.9 Å². The van der Waals surface area contributed by atoms with Gasteiger partial charge in [-0.2, -0.15) is 0 Å². The number of morpholine rings is 1. The molecular formula is C41H68F2N2O6. The largest absolute Gasteiger partial charge is 0.390 e. The van der Waals surface area contributed by atoms with Gasteiger partial charge in [0.25, 0.3) is 6.43 Å². The van der Waals surface area contributed by atoms with Crippen molar-refractivity contribution < 1.29 is 37.9 Å². The Morgan fingerprint density at radius 2 is 1.69 bits per heavy atom. The predicted octanol–water partition coefficient (Wildman–Crippen LogP) is 5.97. The lowest BCUT2D eigenvalue weighted by Crippen LogP contribution is -2.64. The van der Waals surface area contributed by atoms with Crippen LogP contribution in [0.2, 0.25) is 0 Å². The summed E-state index contributed by atoms with van der Waals surface area (Å²) in [7, 11) is 0. The van der Waals surface area contributed by atoms with Crippen LogP contribution in [0.15, 0.2) is 0 Å². The molecule has 3 saturated heterocycles. The van der Waals surface area contributed by atoms with Gasteiger partial charge >= 0.3 is 0 Å². The lowest BCUT2D eigenvalue weighted by Gasteiger charge is -2.64. The summed E-state index contributed by atoms with van der Waals surface area (Å²) in [6.45, 7) is 21.7. The van der Waals surface area contributed by atoms with E-state index in [1.54, 1.807) is 0 Å². The molecule has 8 aliphatic rings. The Balaban J connectivity index is 0.976. The smallest absolute Gasteiger partial charge is 0.251 e. The summed E-state index contributed by atoms with van der Waals surface area (Å²) in [5.74, 6) is 1.68. The predicted molar refractivity (Wildman–Crippen MR) is 190 cm³/mol. The van der Waals surface area contributed by atoms with Crippen LogP contribution in [0, 0.1) is 50.7 Å². The van der Waals surface area contributed by atoms with Crippen LogP contribution in [0.4, 0.5) is 8.78 Å². The van der Waals surface area contributed by atoms with Gasteiger partial charge in [0.15, 0.2) is 6.29 Å². The molecule has 2 spiro atoms. The van der Waals surface area contributed by atoms with E-state index in [0.29, 0.717) is 62.1 Å². The molecule has 3 aliphatic heterocycles. The molecule has 51 heavy (non-hydrogen) atoms. The number of likely N-dealkylation sites (tertiary alicyclic amines) is 1. The third kappa shape index (κ3) is 5.36. The molecule has 8 fully saturated rings. The second-order valence-corrected chi connectivity index (χ2v) is 20.3. The van der Waals surface area contributed by atoms with Gasteiger partial charge in [-0.25, -0.2) is 8.78 Å². The number of hydrogen-bond donors (Lipinski definition) is 2. The third-order valence-electron chi connectivity index (χ3n) is 17.4. The van der Waals surface area contributed by atoms with E-state index in [1.165, 1.54) is 19.3 Å². The summed E-state index contributed by atoms with van der Waals surface area (Å²) in [6.07, 6.45) is 5.09. The Morgan fingerprint density at radius 1 is 0.980 bits per heavy atom. The first-order chi connectivity index (χ1) is 23.9. The Morgan fingerprint density at radius 3 is 2.37 bits per heavy atom. The van der Waals surface area contributed by atoms with Crippen molar-refractivity contribution in [3.63, 3.8) is 0 Å². The third-order valence-corrected chi connectivity index (χ3v) is 17.4. The van der Waals surface area contributed by atoms with E-state index in [9.17, 15) is 19.0 Å². The van der Waals surface area contributed by atoms with Crippen LogP contribution >= 0.6 is 0 Å². The van der Waals surface area contributed by atoms with Crippen LogP contribution in [-0.4, -0.2) is 121 Å². The molecule has 8 rings (SSSR count). The van der Waals surface area contributed by atoms with E-state index < -0.39 is 24.2 Å². The number of fused-ring (bicyclic) bond motifs is 4. The highest BCUT2D eigenvalue weighted by atomic mass is 19.3. The molecule has 0 bridgehead atoms. The van der Waals surface area contributed by atoms with Gasteiger partial charge in [0.1, 0.15) is 6.10 Å². The van der Waals surface area contributed by atoms with Crippen molar-refractivity contribution in [3.05, 3.63) is 0 Å². The minimum Gasteiger partial charge on any atom is -0.390 e. The van der Waals surface area contributed by atoms with Crippen LogP contribution in [0.5, 0.6) is 0 Å².